The first kappa shape index (κ1) is 18.7. The fraction of sp³-hybridized carbons (Fsp3) is 0. The van der Waals surface area contributed by atoms with Crippen LogP contribution in [0.15, 0.2) is 63.5 Å². The highest BCUT2D eigenvalue weighted by molar-refractivity contribution is 9.10. The Morgan fingerprint density at radius 3 is 2.71 bits per heavy atom. The predicted molar refractivity (Wildman–Crippen MR) is 115 cm³/mol. The monoisotopic (exact) mass is 475 g/mol. The van der Waals surface area contributed by atoms with E-state index in [9.17, 15) is 9.18 Å². The van der Waals surface area contributed by atoms with Crippen LogP contribution in [0.5, 0.6) is 0 Å². The van der Waals surface area contributed by atoms with Gasteiger partial charge < -0.3 is 9.73 Å². The Labute approximate surface area is 176 Å². The second-order valence-corrected chi connectivity index (χ2v) is 8.06. The third-order valence-corrected chi connectivity index (χ3v) is 5.42. The van der Waals surface area contributed by atoms with Crippen molar-refractivity contribution in [1.29, 1.82) is 0 Å². The molecule has 28 heavy (non-hydrogen) atoms. The van der Waals surface area contributed by atoms with Crippen molar-refractivity contribution in [2.24, 2.45) is 0 Å². The molecule has 2 heterocycles. The Bertz CT molecular complexity index is 1190. The quantitative estimate of drug-likeness (QED) is 0.378. The standard InChI is InChI=1S/C19H11BrFN3O2S2/c20-11-3-1-10(2-4-11)14-7-8-15(26-14)17(25)23-18(27)24-19-22-13-6-5-12(21)9-16(13)28-19/h1-9H,(H2,22,23,24,25,27). The summed E-state index contributed by atoms with van der Waals surface area (Å²) in [6.07, 6.45) is 0. The van der Waals surface area contributed by atoms with Crippen LogP contribution in [-0.2, 0) is 0 Å². The number of nitrogens with zero attached hydrogens (tertiary/aromatic N) is 1. The second kappa shape index (κ2) is 7.78. The van der Waals surface area contributed by atoms with E-state index >= 15 is 0 Å². The lowest BCUT2D eigenvalue weighted by atomic mass is 10.2. The van der Waals surface area contributed by atoms with Gasteiger partial charge in [0.1, 0.15) is 11.6 Å². The first-order chi connectivity index (χ1) is 13.5. The van der Waals surface area contributed by atoms with Crippen molar-refractivity contribution in [2.45, 2.75) is 0 Å². The molecule has 0 saturated carbocycles. The summed E-state index contributed by atoms with van der Waals surface area (Å²) in [4.78, 5) is 16.7. The molecule has 0 saturated heterocycles. The SMILES string of the molecule is O=C(NC(=S)Nc1nc2ccc(F)cc2s1)c1ccc(-c2ccc(Br)cc2)o1. The molecule has 2 aromatic carbocycles. The van der Waals surface area contributed by atoms with E-state index in [0.717, 1.165) is 10.0 Å². The van der Waals surface area contributed by atoms with Crippen molar-refractivity contribution >= 4 is 65.9 Å². The van der Waals surface area contributed by atoms with Gasteiger partial charge in [0.05, 0.1) is 10.2 Å². The number of halogens is 2. The number of furan rings is 1. The number of nitrogens with one attached hydrogen (secondary N) is 2. The van der Waals surface area contributed by atoms with Crippen molar-refractivity contribution in [2.75, 3.05) is 5.32 Å². The highest BCUT2D eigenvalue weighted by Crippen LogP contribution is 2.27. The molecule has 2 N–H and O–H groups in total. The van der Waals surface area contributed by atoms with Crippen LogP contribution in [0.4, 0.5) is 9.52 Å². The van der Waals surface area contributed by atoms with Crippen LogP contribution < -0.4 is 10.6 Å². The van der Waals surface area contributed by atoms with Crippen LogP contribution in [-0.4, -0.2) is 16.0 Å². The van der Waals surface area contributed by atoms with Crippen LogP contribution in [0.2, 0.25) is 0 Å². The summed E-state index contributed by atoms with van der Waals surface area (Å²) in [5.74, 6) is -0.107. The van der Waals surface area contributed by atoms with Gasteiger partial charge in [0.15, 0.2) is 16.0 Å². The van der Waals surface area contributed by atoms with Gasteiger partial charge >= 0.3 is 0 Å². The third-order valence-electron chi connectivity index (χ3n) is 3.76. The molecule has 9 heteroatoms. The van der Waals surface area contributed by atoms with E-state index in [-0.39, 0.29) is 16.7 Å². The molecule has 4 rings (SSSR count). The number of benzene rings is 2. The second-order valence-electron chi connectivity index (χ2n) is 5.71. The number of anilines is 1. The van der Waals surface area contributed by atoms with Gasteiger partial charge in [0, 0.05) is 10.0 Å². The maximum Gasteiger partial charge on any atom is 0.293 e. The summed E-state index contributed by atoms with van der Waals surface area (Å²) in [5, 5.41) is 5.92. The van der Waals surface area contributed by atoms with Crippen molar-refractivity contribution < 1.29 is 13.6 Å². The van der Waals surface area contributed by atoms with Gasteiger partial charge in [-0.3, -0.25) is 10.1 Å². The average molecular weight is 476 g/mol. The summed E-state index contributed by atoms with van der Waals surface area (Å²) < 4.78 is 20.5. The molecule has 140 valence electrons. The van der Waals surface area contributed by atoms with Crippen LogP contribution in [0.25, 0.3) is 21.5 Å². The number of carbonyl (C=O) groups is 1. The summed E-state index contributed by atoms with van der Waals surface area (Å²) in [6.45, 7) is 0. The smallest absolute Gasteiger partial charge is 0.293 e. The van der Waals surface area contributed by atoms with Crippen LogP contribution in [0.3, 0.4) is 0 Å². The van der Waals surface area contributed by atoms with Gasteiger partial charge in [0.25, 0.3) is 5.91 Å². The van der Waals surface area contributed by atoms with Crippen molar-refractivity contribution in [1.82, 2.24) is 10.3 Å². The summed E-state index contributed by atoms with van der Waals surface area (Å²) in [5.41, 5.74) is 1.50. The topological polar surface area (TPSA) is 67.2 Å². The number of rotatable bonds is 3. The number of hydrogen-bond acceptors (Lipinski definition) is 5. The Morgan fingerprint density at radius 1 is 1.14 bits per heavy atom. The van der Waals surface area contributed by atoms with E-state index in [4.69, 9.17) is 16.6 Å². The molecule has 0 aliphatic carbocycles. The molecule has 2 aromatic heterocycles. The number of thiazole rings is 1. The summed E-state index contributed by atoms with van der Waals surface area (Å²) in [7, 11) is 0. The van der Waals surface area contributed by atoms with Crippen molar-refractivity contribution in [3.63, 3.8) is 0 Å². The molecular weight excluding hydrogens is 465 g/mol. The Balaban J connectivity index is 1.42. The number of hydrogen-bond donors (Lipinski definition) is 2. The zero-order valence-electron chi connectivity index (χ0n) is 14.0. The lowest BCUT2D eigenvalue weighted by Crippen LogP contribution is -2.33. The Morgan fingerprint density at radius 2 is 1.93 bits per heavy atom. The maximum absolute atomic E-state index is 13.3. The average Bonchev–Trinajstić information content (AvgIpc) is 3.28. The largest absolute Gasteiger partial charge is 0.451 e. The zero-order chi connectivity index (χ0) is 19.7. The van der Waals surface area contributed by atoms with Crippen molar-refractivity contribution in [3.8, 4) is 11.3 Å². The van der Waals surface area contributed by atoms with E-state index in [0.29, 0.717) is 21.1 Å². The van der Waals surface area contributed by atoms with Gasteiger partial charge in [-0.2, -0.15) is 0 Å². The molecule has 1 amide bonds. The number of fused-ring (bicyclic) bond motifs is 1. The molecule has 5 nitrogen and oxygen atoms in total. The molecule has 0 fully saturated rings. The predicted octanol–water partition coefficient (Wildman–Crippen LogP) is 5.58. The summed E-state index contributed by atoms with van der Waals surface area (Å²) >= 11 is 9.77. The Kier molecular flexibility index (Phi) is 5.21. The molecule has 0 aliphatic rings. The van der Waals surface area contributed by atoms with E-state index in [1.54, 1.807) is 18.2 Å². The van der Waals surface area contributed by atoms with E-state index in [2.05, 4.69) is 31.5 Å². The van der Waals surface area contributed by atoms with Crippen LogP contribution >= 0.6 is 39.5 Å². The molecular formula is C19H11BrFN3O2S2. The lowest BCUT2D eigenvalue weighted by Gasteiger charge is -2.05. The van der Waals surface area contributed by atoms with Gasteiger partial charge in [0.2, 0.25) is 0 Å². The first-order valence-electron chi connectivity index (χ1n) is 8.02. The molecule has 0 atom stereocenters. The van der Waals surface area contributed by atoms with E-state index in [1.807, 2.05) is 24.3 Å². The maximum atomic E-state index is 13.3. The van der Waals surface area contributed by atoms with Gasteiger partial charge in [-0.05, 0) is 54.7 Å². The highest BCUT2D eigenvalue weighted by atomic mass is 79.9. The van der Waals surface area contributed by atoms with Gasteiger partial charge in [-0.1, -0.05) is 39.4 Å². The number of amides is 1. The third kappa shape index (κ3) is 4.11. The minimum atomic E-state index is -0.479. The van der Waals surface area contributed by atoms with Gasteiger partial charge in [-0.15, -0.1) is 0 Å². The van der Waals surface area contributed by atoms with Crippen molar-refractivity contribution in [3.05, 3.63) is 70.6 Å². The van der Waals surface area contributed by atoms with E-state index in [1.165, 1.54) is 23.5 Å². The lowest BCUT2D eigenvalue weighted by molar-refractivity contribution is 0.0951. The highest BCUT2D eigenvalue weighted by Gasteiger charge is 2.15. The molecule has 0 unspecified atom stereocenters. The number of aromatic nitrogens is 1. The fourth-order valence-electron chi connectivity index (χ4n) is 2.47. The molecule has 0 aliphatic heterocycles. The minimum Gasteiger partial charge on any atom is -0.451 e. The molecule has 0 spiro atoms. The summed E-state index contributed by atoms with van der Waals surface area (Å²) in [6, 6.07) is 15.2. The molecule has 0 radical (unpaired) electrons. The first-order valence-corrected chi connectivity index (χ1v) is 10.0. The zero-order valence-corrected chi connectivity index (χ0v) is 17.3. The minimum absolute atomic E-state index is 0.0751. The molecule has 4 aromatic rings. The number of thiocarbonyl (C=S) groups is 1. The Hall–Kier alpha value is -2.62. The van der Waals surface area contributed by atoms with E-state index < -0.39 is 5.91 Å². The molecule has 0 bridgehead atoms. The number of carbonyl (C=O) groups excluding carboxylic acids is 1. The van der Waals surface area contributed by atoms with Gasteiger partial charge in [-0.25, -0.2) is 9.37 Å². The normalized spacial score (nSPS) is 10.8. The van der Waals surface area contributed by atoms with Crippen LogP contribution in [0, 0.1) is 5.82 Å². The fourth-order valence-corrected chi connectivity index (χ4v) is 3.89. The van der Waals surface area contributed by atoms with Crippen LogP contribution in [0.1, 0.15) is 10.6 Å².